The van der Waals surface area contributed by atoms with Gasteiger partial charge in [-0.25, -0.2) is 0 Å². The summed E-state index contributed by atoms with van der Waals surface area (Å²) in [6, 6.07) is 14.3. The van der Waals surface area contributed by atoms with Crippen molar-refractivity contribution in [1.29, 1.82) is 0 Å². The summed E-state index contributed by atoms with van der Waals surface area (Å²) in [5.74, 6) is 0.462. The molecule has 1 saturated heterocycles. The fourth-order valence-corrected chi connectivity index (χ4v) is 3.26. The maximum atomic E-state index is 12.6. The molecule has 1 fully saturated rings. The van der Waals surface area contributed by atoms with E-state index in [4.69, 9.17) is 0 Å². The van der Waals surface area contributed by atoms with Crippen LogP contribution in [0.3, 0.4) is 0 Å². The quantitative estimate of drug-likeness (QED) is 0.802. The number of aromatic nitrogens is 1. The zero-order valence-electron chi connectivity index (χ0n) is 15.4. The molecule has 1 unspecified atom stereocenters. The highest BCUT2D eigenvalue weighted by Gasteiger charge is 2.22. The van der Waals surface area contributed by atoms with Crippen LogP contribution in [0.25, 0.3) is 6.08 Å². The molecule has 2 aromatic rings. The maximum Gasteiger partial charge on any atom is 0.223 e. The van der Waals surface area contributed by atoms with Gasteiger partial charge in [0.25, 0.3) is 0 Å². The third-order valence-electron chi connectivity index (χ3n) is 4.93. The van der Waals surface area contributed by atoms with Gasteiger partial charge in [0.1, 0.15) is 0 Å². The minimum absolute atomic E-state index is 0.211. The number of hydrogen-bond donors (Lipinski definition) is 0. The van der Waals surface area contributed by atoms with E-state index in [0.717, 1.165) is 38.3 Å². The molecule has 26 heavy (non-hydrogen) atoms. The van der Waals surface area contributed by atoms with E-state index < -0.39 is 0 Å². The number of nitrogens with zero attached hydrogens (tertiary/aromatic N) is 3. The Hall–Kier alpha value is -2.46. The van der Waals surface area contributed by atoms with E-state index in [1.807, 2.05) is 29.3 Å². The van der Waals surface area contributed by atoms with Gasteiger partial charge in [-0.1, -0.05) is 55.5 Å². The van der Waals surface area contributed by atoms with Crippen LogP contribution in [0.1, 0.15) is 30.4 Å². The van der Waals surface area contributed by atoms with Crippen LogP contribution in [0.15, 0.2) is 60.9 Å². The van der Waals surface area contributed by atoms with Crippen molar-refractivity contribution < 1.29 is 4.79 Å². The molecule has 2 heterocycles. The average molecular weight is 349 g/mol. The number of pyridine rings is 1. The standard InChI is InChI=1S/C22H27N3O/c1-19(21-10-5-11-23-18-21)17-22(26)25-15-13-24(14-16-25)12-6-9-20-7-3-2-4-8-20/h2-11,18-19H,12-17H2,1H3/b9-6+. The van der Waals surface area contributed by atoms with Crippen LogP contribution in [0, 0.1) is 0 Å². The minimum Gasteiger partial charge on any atom is -0.340 e. The molecular weight excluding hydrogens is 322 g/mol. The van der Waals surface area contributed by atoms with Gasteiger partial charge in [-0.05, 0) is 23.1 Å². The Labute approximate surface area is 156 Å². The lowest BCUT2D eigenvalue weighted by Crippen LogP contribution is -2.48. The predicted molar refractivity (Wildman–Crippen MR) is 106 cm³/mol. The van der Waals surface area contributed by atoms with E-state index in [-0.39, 0.29) is 11.8 Å². The molecule has 0 spiro atoms. The zero-order valence-corrected chi connectivity index (χ0v) is 15.4. The van der Waals surface area contributed by atoms with Crippen LogP contribution in [0.4, 0.5) is 0 Å². The molecular formula is C22H27N3O. The van der Waals surface area contributed by atoms with Crippen molar-refractivity contribution in [2.75, 3.05) is 32.7 Å². The van der Waals surface area contributed by atoms with E-state index in [9.17, 15) is 4.79 Å². The molecule has 4 nitrogen and oxygen atoms in total. The molecule has 1 aliphatic rings. The van der Waals surface area contributed by atoms with Gasteiger partial charge in [0.15, 0.2) is 0 Å². The van der Waals surface area contributed by atoms with Crippen LogP contribution >= 0.6 is 0 Å². The van der Waals surface area contributed by atoms with Gasteiger partial charge >= 0.3 is 0 Å². The number of benzene rings is 1. The van der Waals surface area contributed by atoms with Crippen molar-refractivity contribution in [3.05, 3.63) is 72.1 Å². The molecule has 0 bridgehead atoms. The van der Waals surface area contributed by atoms with Gasteiger partial charge in [-0.3, -0.25) is 14.7 Å². The van der Waals surface area contributed by atoms with Crippen molar-refractivity contribution in [2.45, 2.75) is 19.3 Å². The molecule has 1 atom stereocenters. The topological polar surface area (TPSA) is 36.4 Å². The lowest BCUT2D eigenvalue weighted by atomic mass is 9.99. The number of carbonyl (C=O) groups excluding carboxylic acids is 1. The number of carbonyl (C=O) groups is 1. The third-order valence-corrected chi connectivity index (χ3v) is 4.93. The van der Waals surface area contributed by atoms with Crippen molar-refractivity contribution >= 4 is 12.0 Å². The first-order chi connectivity index (χ1) is 12.7. The summed E-state index contributed by atoms with van der Waals surface area (Å²) >= 11 is 0. The second-order valence-corrected chi connectivity index (χ2v) is 6.89. The van der Waals surface area contributed by atoms with E-state index in [2.05, 4.69) is 53.2 Å². The lowest BCUT2D eigenvalue weighted by Gasteiger charge is -2.34. The summed E-state index contributed by atoms with van der Waals surface area (Å²) in [4.78, 5) is 21.1. The molecule has 1 aromatic carbocycles. The third kappa shape index (κ3) is 5.27. The molecule has 0 radical (unpaired) electrons. The summed E-state index contributed by atoms with van der Waals surface area (Å²) in [5.41, 5.74) is 2.36. The van der Waals surface area contributed by atoms with E-state index in [1.54, 1.807) is 6.20 Å². The van der Waals surface area contributed by atoms with Crippen LogP contribution in [-0.4, -0.2) is 53.4 Å². The van der Waals surface area contributed by atoms with Gasteiger partial charge in [0.2, 0.25) is 5.91 Å². The Kier molecular flexibility index (Phi) is 6.56. The monoisotopic (exact) mass is 349 g/mol. The number of amides is 1. The molecule has 1 aromatic heterocycles. The highest BCUT2D eigenvalue weighted by molar-refractivity contribution is 5.77. The molecule has 0 saturated carbocycles. The highest BCUT2D eigenvalue weighted by atomic mass is 16.2. The molecule has 0 N–H and O–H groups in total. The fraction of sp³-hybridized carbons (Fsp3) is 0.364. The number of hydrogen-bond acceptors (Lipinski definition) is 3. The van der Waals surface area contributed by atoms with Crippen LogP contribution < -0.4 is 0 Å². The molecule has 1 amide bonds. The van der Waals surface area contributed by atoms with Gasteiger partial charge in [0, 0.05) is 51.5 Å². The second-order valence-electron chi connectivity index (χ2n) is 6.89. The van der Waals surface area contributed by atoms with Gasteiger partial charge < -0.3 is 4.90 Å². The van der Waals surface area contributed by atoms with E-state index >= 15 is 0 Å². The molecule has 1 aliphatic heterocycles. The van der Waals surface area contributed by atoms with Crippen LogP contribution in [0.2, 0.25) is 0 Å². The summed E-state index contributed by atoms with van der Waals surface area (Å²) in [6.07, 6.45) is 8.54. The van der Waals surface area contributed by atoms with Gasteiger partial charge in [0.05, 0.1) is 0 Å². The first-order valence-corrected chi connectivity index (χ1v) is 9.34. The largest absolute Gasteiger partial charge is 0.340 e. The zero-order chi connectivity index (χ0) is 18.2. The van der Waals surface area contributed by atoms with Gasteiger partial charge in [-0.15, -0.1) is 0 Å². The molecule has 136 valence electrons. The highest BCUT2D eigenvalue weighted by Crippen LogP contribution is 2.19. The van der Waals surface area contributed by atoms with Crippen LogP contribution in [0.5, 0.6) is 0 Å². The summed E-state index contributed by atoms with van der Waals surface area (Å²) in [6.45, 7) is 6.54. The smallest absolute Gasteiger partial charge is 0.223 e. The van der Waals surface area contributed by atoms with Crippen LogP contribution in [-0.2, 0) is 4.79 Å². The molecule has 0 aliphatic carbocycles. The van der Waals surface area contributed by atoms with E-state index in [0.29, 0.717) is 6.42 Å². The van der Waals surface area contributed by atoms with E-state index in [1.165, 1.54) is 5.56 Å². The first kappa shape index (κ1) is 18.3. The van der Waals surface area contributed by atoms with Crippen molar-refractivity contribution in [2.24, 2.45) is 0 Å². The normalized spacial score (nSPS) is 16.7. The van der Waals surface area contributed by atoms with Crippen molar-refractivity contribution in [1.82, 2.24) is 14.8 Å². The van der Waals surface area contributed by atoms with Crippen molar-refractivity contribution in [3.8, 4) is 0 Å². The van der Waals surface area contributed by atoms with Gasteiger partial charge in [-0.2, -0.15) is 0 Å². The second kappa shape index (κ2) is 9.30. The van der Waals surface area contributed by atoms with Crippen molar-refractivity contribution in [3.63, 3.8) is 0 Å². The Balaban J connectivity index is 1.41. The minimum atomic E-state index is 0.211. The Bertz CT molecular complexity index is 707. The maximum absolute atomic E-state index is 12.6. The average Bonchev–Trinajstić information content (AvgIpc) is 2.70. The molecule has 4 heteroatoms. The predicted octanol–water partition coefficient (Wildman–Crippen LogP) is 3.43. The lowest BCUT2D eigenvalue weighted by molar-refractivity contribution is -0.133. The SMILES string of the molecule is CC(CC(=O)N1CCN(C/C=C/c2ccccc2)CC1)c1cccnc1. The summed E-state index contributed by atoms with van der Waals surface area (Å²) in [5, 5.41) is 0. The Morgan fingerprint density at radius 2 is 1.88 bits per heavy atom. The Morgan fingerprint density at radius 3 is 2.58 bits per heavy atom. The Morgan fingerprint density at radius 1 is 1.12 bits per heavy atom. The molecule has 3 rings (SSSR count). The first-order valence-electron chi connectivity index (χ1n) is 9.34. The number of rotatable bonds is 6. The number of piperazine rings is 1. The summed E-state index contributed by atoms with van der Waals surface area (Å²) in [7, 11) is 0. The summed E-state index contributed by atoms with van der Waals surface area (Å²) < 4.78 is 0. The fourth-order valence-electron chi connectivity index (χ4n) is 3.26.